The lowest BCUT2D eigenvalue weighted by atomic mass is 10.2. The summed E-state index contributed by atoms with van der Waals surface area (Å²) in [5.41, 5.74) is 1.06. The lowest BCUT2D eigenvalue weighted by Gasteiger charge is -2.15. The van der Waals surface area contributed by atoms with Gasteiger partial charge in [-0.05, 0) is 19.8 Å². The molecule has 108 valence electrons. The molecule has 0 saturated heterocycles. The second-order valence-electron chi connectivity index (χ2n) is 5.39. The van der Waals surface area contributed by atoms with Gasteiger partial charge >= 0.3 is 0 Å². The average molecular weight is 275 g/mol. The number of nitrogens with zero attached hydrogens (tertiary/aromatic N) is 6. The van der Waals surface area contributed by atoms with Crippen LogP contribution in [0.4, 0.5) is 0 Å². The fourth-order valence-corrected chi connectivity index (χ4v) is 2.65. The minimum absolute atomic E-state index is 0.171. The molecule has 1 N–H and O–H groups in total. The van der Waals surface area contributed by atoms with E-state index in [-0.39, 0.29) is 6.04 Å². The summed E-state index contributed by atoms with van der Waals surface area (Å²) in [6, 6.07) is 0.171. The van der Waals surface area contributed by atoms with Gasteiger partial charge in [-0.25, -0.2) is 0 Å². The molecule has 20 heavy (non-hydrogen) atoms. The first-order valence-electron chi connectivity index (χ1n) is 7.24. The van der Waals surface area contributed by atoms with Crippen LogP contribution in [0, 0.1) is 0 Å². The Hall–Kier alpha value is -1.76. The van der Waals surface area contributed by atoms with Gasteiger partial charge in [-0.15, -0.1) is 15.3 Å². The molecule has 0 bridgehead atoms. The third kappa shape index (κ3) is 2.58. The molecule has 0 aromatic carbocycles. The van der Waals surface area contributed by atoms with Crippen LogP contribution in [0.5, 0.6) is 0 Å². The molecule has 7 nitrogen and oxygen atoms in total. The molecule has 2 aromatic heterocycles. The van der Waals surface area contributed by atoms with Crippen molar-refractivity contribution < 1.29 is 0 Å². The van der Waals surface area contributed by atoms with Crippen molar-refractivity contribution in [3.63, 3.8) is 0 Å². The second-order valence-corrected chi connectivity index (χ2v) is 5.39. The molecule has 0 aliphatic carbocycles. The fourth-order valence-electron chi connectivity index (χ4n) is 2.65. The van der Waals surface area contributed by atoms with Gasteiger partial charge in [0, 0.05) is 26.6 Å². The average Bonchev–Trinajstić information content (AvgIpc) is 2.96. The van der Waals surface area contributed by atoms with Gasteiger partial charge in [0.1, 0.15) is 11.6 Å². The number of fused-ring (bicyclic) bond motifs is 1. The van der Waals surface area contributed by atoms with Crippen molar-refractivity contribution in [2.24, 2.45) is 7.05 Å². The van der Waals surface area contributed by atoms with Crippen LogP contribution in [0.15, 0.2) is 6.20 Å². The molecule has 0 amide bonds. The number of hydrogen-bond donors (Lipinski definition) is 1. The van der Waals surface area contributed by atoms with Gasteiger partial charge in [0.15, 0.2) is 0 Å². The fraction of sp³-hybridized carbons (Fsp3) is 0.692. The van der Waals surface area contributed by atoms with E-state index in [1.807, 2.05) is 7.05 Å². The number of hydrogen-bond acceptors (Lipinski definition) is 5. The summed E-state index contributed by atoms with van der Waals surface area (Å²) in [6.45, 7) is 3.90. The van der Waals surface area contributed by atoms with Crippen molar-refractivity contribution in [3.05, 3.63) is 23.5 Å². The second kappa shape index (κ2) is 5.70. The zero-order valence-corrected chi connectivity index (χ0v) is 12.1. The van der Waals surface area contributed by atoms with Gasteiger partial charge in [-0.3, -0.25) is 4.68 Å². The Morgan fingerprint density at radius 1 is 1.30 bits per heavy atom. The quantitative estimate of drug-likeness (QED) is 0.900. The Labute approximate surface area is 118 Å². The predicted octanol–water partition coefficient (Wildman–Crippen LogP) is 0.984. The summed E-state index contributed by atoms with van der Waals surface area (Å²) in [5.74, 6) is 2.17. The Balaban J connectivity index is 1.69. The van der Waals surface area contributed by atoms with Gasteiger partial charge in [-0.1, -0.05) is 11.6 Å². The topological polar surface area (TPSA) is 73.5 Å². The van der Waals surface area contributed by atoms with E-state index in [0.29, 0.717) is 0 Å². The van der Waals surface area contributed by atoms with Gasteiger partial charge in [0.25, 0.3) is 0 Å². The summed E-state index contributed by atoms with van der Waals surface area (Å²) in [7, 11) is 1.90. The highest BCUT2D eigenvalue weighted by molar-refractivity contribution is 5.03. The van der Waals surface area contributed by atoms with Gasteiger partial charge in [0.05, 0.1) is 17.9 Å². The van der Waals surface area contributed by atoms with E-state index in [2.05, 4.69) is 37.3 Å². The van der Waals surface area contributed by atoms with Gasteiger partial charge in [-0.2, -0.15) is 0 Å². The van der Waals surface area contributed by atoms with Crippen LogP contribution in [0.2, 0.25) is 0 Å². The van der Waals surface area contributed by atoms with E-state index in [1.165, 1.54) is 19.3 Å². The molecule has 1 aliphatic heterocycles. The highest BCUT2D eigenvalue weighted by atomic mass is 15.4. The van der Waals surface area contributed by atoms with Crippen molar-refractivity contribution >= 4 is 0 Å². The predicted molar refractivity (Wildman–Crippen MR) is 73.8 cm³/mol. The molecule has 1 atom stereocenters. The highest BCUT2D eigenvalue weighted by Gasteiger charge is 2.19. The van der Waals surface area contributed by atoms with Crippen LogP contribution in [-0.4, -0.2) is 29.8 Å². The maximum atomic E-state index is 4.37. The van der Waals surface area contributed by atoms with E-state index in [1.54, 1.807) is 10.9 Å². The zero-order valence-electron chi connectivity index (χ0n) is 12.1. The number of aromatic nitrogens is 6. The number of rotatable bonds is 4. The highest BCUT2D eigenvalue weighted by Crippen LogP contribution is 2.18. The number of aryl methyl sites for hydroxylation is 2. The van der Waals surface area contributed by atoms with Crippen LogP contribution in [0.25, 0.3) is 0 Å². The molecule has 3 heterocycles. The molecule has 0 radical (unpaired) electrons. The SMILES string of the molecule is CC(NCc1cnnn1C)c1nnc2n1CCCCC2. The van der Waals surface area contributed by atoms with Crippen molar-refractivity contribution in [1.29, 1.82) is 0 Å². The van der Waals surface area contributed by atoms with Crippen molar-refractivity contribution in [2.75, 3.05) is 0 Å². The Morgan fingerprint density at radius 2 is 2.20 bits per heavy atom. The Kier molecular flexibility index (Phi) is 3.77. The molecule has 3 rings (SSSR count). The summed E-state index contributed by atoms with van der Waals surface area (Å²) >= 11 is 0. The van der Waals surface area contributed by atoms with E-state index < -0.39 is 0 Å². The van der Waals surface area contributed by atoms with Crippen LogP contribution >= 0.6 is 0 Å². The van der Waals surface area contributed by atoms with Crippen LogP contribution < -0.4 is 5.32 Å². The van der Waals surface area contributed by atoms with Crippen LogP contribution in [-0.2, 0) is 26.6 Å². The summed E-state index contributed by atoms with van der Waals surface area (Å²) in [5, 5.41) is 20.0. The minimum Gasteiger partial charge on any atom is -0.314 e. The monoisotopic (exact) mass is 275 g/mol. The molecule has 0 saturated carbocycles. The molecule has 1 aliphatic rings. The molecule has 7 heteroatoms. The van der Waals surface area contributed by atoms with E-state index in [0.717, 1.165) is 36.9 Å². The molecule has 0 fully saturated rings. The first-order chi connectivity index (χ1) is 9.75. The van der Waals surface area contributed by atoms with E-state index in [9.17, 15) is 0 Å². The standard InChI is InChI=1S/C13H21N7/c1-10(14-8-11-9-15-18-19(11)2)13-17-16-12-6-4-3-5-7-20(12)13/h9-10,14H,3-8H2,1-2H3. The van der Waals surface area contributed by atoms with Crippen LogP contribution in [0.3, 0.4) is 0 Å². The lowest BCUT2D eigenvalue weighted by molar-refractivity contribution is 0.490. The normalized spacial score (nSPS) is 16.7. The van der Waals surface area contributed by atoms with Crippen molar-refractivity contribution in [3.8, 4) is 0 Å². The van der Waals surface area contributed by atoms with E-state index in [4.69, 9.17) is 0 Å². The van der Waals surface area contributed by atoms with Gasteiger partial charge < -0.3 is 9.88 Å². The molecule has 2 aromatic rings. The molecular formula is C13H21N7. The first-order valence-corrected chi connectivity index (χ1v) is 7.24. The first kappa shape index (κ1) is 13.2. The van der Waals surface area contributed by atoms with Crippen molar-refractivity contribution in [1.82, 2.24) is 35.1 Å². The molecule has 1 unspecified atom stereocenters. The third-order valence-electron chi connectivity index (χ3n) is 3.92. The molecular weight excluding hydrogens is 254 g/mol. The maximum Gasteiger partial charge on any atom is 0.149 e. The van der Waals surface area contributed by atoms with Crippen LogP contribution in [0.1, 0.15) is 49.6 Å². The van der Waals surface area contributed by atoms with E-state index >= 15 is 0 Å². The Bertz CT molecular complexity index is 571. The largest absolute Gasteiger partial charge is 0.314 e. The summed E-state index contributed by atoms with van der Waals surface area (Å²) in [4.78, 5) is 0. The molecule has 0 spiro atoms. The smallest absolute Gasteiger partial charge is 0.149 e. The number of nitrogens with one attached hydrogen (secondary N) is 1. The zero-order chi connectivity index (χ0) is 13.9. The summed E-state index contributed by atoms with van der Waals surface area (Å²) in [6.07, 6.45) is 6.55. The lowest BCUT2D eigenvalue weighted by Crippen LogP contribution is -2.23. The third-order valence-corrected chi connectivity index (χ3v) is 3.92. The summed E-state index contributed by atoms with van der Waals surface area (Å²) < 4.78 is 4.07. The Morgan fingerprint density at radius 3 is 3.00 bits per heavy atom. The minimum atomic E-state index is 0.171. The van der Waals surface area contributed by atoms with Gasteiger partial charge in [0.2, 0.25) is 0 Å². The van der Waals surface area contributed by atoms with Crippen molar-refractivity contribution in [2.45, 2.75) is 51.7 Å². The maximum absolute atomic E-state index is 4.37.